The lowest BCUT2D eigenvalue weighted by Crippen LogP contribution is -2.11. The van der Waals surface area contributed by atoms with E-state index in [1.54, 1.807) is 13.0 Å². The maximum atomic E-state index is 10.9. The van der Waals surface area contributed by atoms with E-state index in [0.29, 0.717) is 11.6 Å². The zero-order valence-corrected chi connectivity index (χ0v) is 7.30. The number of anilines is 1. The van der Waals surface area contributed by atoms with Gasteiger partial charge in [0.25, 0.3) is 0 Å². The average Bonchev–Trinajstić information content (AvgIpc) is 2.04. The quantitative estimate of drug-likeness (QED) is 0.711. The van der Waals surface area contributed by atoms with Gasteiger partial charge in [-0.2, -0.15) is 0 Å². The Kier molecular flexibility index (Phi) is 2.99. The summed E-state index contributed by atoms with van der Waals surface area (Å²) in [5.41, 5.74) is 0. The summed E-state index contributed by atoms with van der Waals surface area (Å²) < 4.78 is 0. The second-order valence-corrected chi connectivity index (χ2v) is 2.49. The average molecular weight is 186 g/mol. The first kappa shape index (κ1) is 8.93. The van der Waals surface area contributed by atoms with Crippen molar-refractivity contribution < 1.29 is 4.79 Å². The van der Waals surface area contributed by atoms with Crippen molar-refractivity contribution in [2.24, 2.45) is 0 Å². The minimum atomic E-state index is -0.128. The molecule has 1 heterocycles. The number of carbonyl (C=O) groups excluding carboxylic acids is 1. The number of hydrogen-bond donors (Lipinski definition) is 1. The number of nitrogens with one attached hydrogen (secondary N) is 1. The molecule has 1 amide bonds. The van der Waals surface area contributed by atoms with Gasteiger partial charge < -0.3 is 0 Å². The Morgan fingerprint density at radius 1 is 1.75 bits per heavy atom. The summed E-state index contributed by atoms with van der Waals surface area (Å²) in [6, 6.07) is 1.54. The third-order valence-corrected chi connectivity index (χ3v) is 1.40. The molecule has 0 aliphatic heterocycles. The number of amides is 1. The Hall–Kier alpha value is -1.16. The molecule has 0 aromatic carbocycles. The summed E-state index contributed by atoms with van der Waals surface area (Å²) >= 11 is 5.57. The molecule has 0 unspecified atom stereocenters. The van der Waals surface area contributed by atoms with Gasteiger partial charge in [-0.25, -0.2) is 9.97 Å². The normalized spacial score (nSPS) is 9.50. The summed E-state index contributed by atoms with van der Waals surface area (Å²) in [4.78, 5) is 18.4. The Bertz CT molecular complexity index is 290. The molecule has 1 rings (SSSR count). The summed E-state index contributed by atoms with van der Waals surface area (Å²) in [6.07, 6.45) is 1.89. The van der Waals surface area contributed by atoms with Gasteiger partial charge in [0.15, 0.2) is 0 Å². The first-order chi connectivity index (χ1) is 5.72. The van der Waals surface area contributed by atoms with E-state index in [4.69, 9.17) is 11.6 Å². The van der Waals surface area contributed by atoms with Crippen LogP contribution >= 0.6 is 11.6 Å². The second-order valence-electron chi connectivity index (χ2n) is 2.10. The van der Waals surface area contributed by atoms with Crippen molar-refractivity contribution >= 4 is 23.5 Å². The van der Waals surface area contributed by atoms with Crippen LogP contribution in [0.4, 0.5) is 5.95 Å². The fourth-order valence-electron chi connectivity index (χ4n) is 0.610. The molecule has 0 bridgehead atoms. The lowest BCUT2D eigenvalue weighted by molar-refractivity contribution is -0.115. The van der Waals surface area contributed by atoms with Crippen LogP contribution in [0.15, 0.2) is 12.3 Å². The summed E-state index contributed by atoms with van der Waals surface area (Å²) in [5.74, 6) is 0.117. The van der Waals surface area contributed by atoms with Crippen LogP contribution in [0.5, 0.6) is 0 Å². The molecule has 4 nitrogen and oxygen atoms in total. The molecule has 0 atom stereocenters. The molecule has 0 radical (unpaired) electrons. The molecule has 0 fully saturated rings. The van der Waals surface area contributed by atoms with E-state index in [2.05, 4.69) is 15.3 Å². The molecule has 0 spiro atoms. The number of rotatable bonds is 2. The highest BCUT2D eigenvalue weighted by molar-refractivity contribution is 6.29. The maximum Gasteiger partial charge on any atom is 0.230 e. The van der Waals surface area contributed by atoms with Crippen LogP contribution in [0.3, 0.4) is 0 Å². The number of carbonyl (C=O) groups is 1. The van der Waals surface area contributed by atoms with Crippen molar-refractivity contribution in [1.29, 1.82) is 0 Å². The lowest BCUT2D eigenvalue weighted by atomic mass is 10.5. The fraction of sp³-hybridized carbons (Fsp3) is 0.286. The highest BCUT2D eigenvalue weighted by atomic mass is 35.5. The van der Waals surface area contributed by atoms with E-state index in [1.165, 1.54) is 6.20 Å². The van der Waals surface area contributed by atoms with Gasteiger partial charge in [-0.1, -0.05) is 18.5 Å². The Morgan fingerprint density at radius 2 is 2.50 bits per heavy atom. The van der Waals surface area contributed by atoms with Crippen LogP contribution in [0, 0.1) is 0 Å². The fourth-order valence-corrected chi connectivity index (χ4v) is 0.746. The van der Waals surface area contributed by atoms with Gasteiger partial charge in [0.1, 0.15) is 5.15 Å². The van der Waals surface area contributed by atoms with Gasteiger partial charge in [0.2, 0.25) is 11.9 Å². The van der Waals surface area contributed by atoms with Crippen molar-refractivity contribution in [1.82, 2.24) is 9.97 Å². The van der Waals surface area contributed by atoms with E-state index < -0.39 is 0 Å². The highest BCUT2D eigenvalue weighted by Gasteiger charge is 2.00. The summed E-state index contributed by atoms with van der Waals surface area (Å²) in [6.45, 7) is 1.75. The van der Waals surface area contributed by atoms with Gasteiger partial charge in [-0.05, 0) is 6.07 Å². The van der Waals surface area contributed by atoms with Crippen LogP contribution in [0.25, 0.3) is 0 Å². The first-order valence-electron chi connectivity index (χ1n) is 3.50. The predicted molar refractivity (Wildman–Crippen MR) is 46.0 cm³/mol. The van der Waals surface area contributed by atoms with Crippen LogP contribution in [0.2, 0.25) is 5.15 Å². The van der Waals surface area contributed by atoms with Gasteiger partial charge in [-0.3, -0.25) is 10.1 Å². The molecule has 0 saturated heterocycles. The van der Waals surface area contributed by atoms with E-state index >= 15 is 0 Å². The smallest absolute Gasteiger partial charge is 0.230 e. The van der Waals surface area contributed by atoms with Crippen molar-refractivity contribution in [2.45, 2.75) is 13.3 Å². The van der Waals surface area contributed by atoms with E-state index in [1.807, 2.05) is 0 Å². The molecule has 1 aromatic heterocycles. The summed E-state index contributed by atoms with van der Waals surface area (Å²) in [7, 11) is 0. The first-order valence-corrected chi connectivity index (χ1v) is 3.88. The molecule has 12 heavy (non-hydrogen) atoms. The number of nitrogens with zero attached hydrogens (tertiary/aromatic N) is 2. The molecule has 0 aliphatic rings. The van der Waals surface area contributed by atoms with E-state index in [0.717, 1.165) is 0 Å². The number of hydrogen-bond acceptors (Lipinski definition) is 3. The summed E-state index contributed by atoms with van der Waals surface area (Å²) in [5, 5.41) is 2.80. The van der Waals surface area contributed by atoms with Crippen molar-refractivity contribution in [3.05, 3.63) is 17.4 Å². The molecule has 1 N–H and O–H groups in total. The second kappa shape index (κ2) is 4.01. The molecule has 0 saturated carbocycles. The van der Waals surface area contributed by atoms with Gasteiger partial charge in [0.05, 0.1) is 0 Å². The van der Waals surface area contributed by atoms with Crippen molar-refractivity contribution in [3.8, 4) is 0 Å². The van der Waals surface area contributed by atoms with Crippen LogP contribution in [0.1, 0.15) is 13.3 Å². The monoisotopic (exact) mass is 185 g/mol. The predicted octanol–water partition coefficient (Wildman–Crippen LogP) is 1.48. The van der Waals surface area contributed by atoms with Crippen LogP contribution in [-0.2, 0) is 4.79 Å². The third kappa shape index (κ3) is 2.47. The molecular weight excluding hydrogens is 178 g/mol. The maximum absolute atomic E-state index is 10.9. The van der Waals surface area contributed by atoms with Crippen LogP contribution in [-0.4, -0.2) is 15.9 Å². The largest absolute Gasteiger partial charge is 0.294 e. The minimum absolute atomic E-state index is 0.128. The number of aromatic nitrogens is 2. The lowest BCUT2D eigenvalue weighted by Gasteiger charge is -1.99. The topological polar surface area (TPSA) is 54.9 Å². The van der Waals surface area contributed by atoms with Gasteiger partial charge in [-0.15, -0.1) is 0 Å². The standard InChI is InChI=1S/C7H8ClN3O/c1-2-6(12)11-7-9-4-3-5(8)10-7/h3-4H,2H2,1H3,(H,9,10,11,12). The SMILES string of the molecule is CCC(=O)Nc1nccc(Cl)n1. The molecular formula is C7H8ClN3O. The van der Waals surface area contributed by atoms with Gasteiger partial charge in [0, 0.05) is 12.6 Å². The Morgan fingerprint density at radius 3 is 3.08 bits per heavy atom. The zero-order chi connectivity index (χ0) is 8.97. The molecule has 5 heteroatoms. The Labute approximate surface area is 75.0 Å². The zero-order valence-electron chi connectivity index (χ0n) is 6.54. The molecule has 64 valence electrons. The van der Waals surface area contributed by atoms with E-state index in [-0.39, 0.29) is 11.9 Å². The molecule has 0 aliphatic carbocycles. The third-order valence-electron chi connectivity index (χ3n) is 1.19. The minimum Gasteiger partial charge on any atom is -0.294 e. The van der Waals surface area contributed by atoms with Crippen LogP contribution < -0.4 is 5.32 Å². The highest BCUT2D eigenvalue weighted by Crippen LogP contribution is 2.05. The Balaban J connectivity index is 2.69. The van der Waals surface area contributed by atoms with E-state index in [9.17, 15) is 4.79 Å². The molecule has 1 aromatic rings. The van der Waals surface area contributed by atoms with Crippen molar-refractivity contribution in [3.63, 3.8) is 0 Å². The number of halogens is 1. The van der Waals surface area contributed by atoms with Gasteiger partial charge >= 0.3 is 0 Å². The van der Waals surface area contributed by atoms with Crippen molar-refractivity contribution in [2.75, 3.05) is 5.32 Å².